The largest absolute Gasteiger partial charge is 0.412 e. The molecule has 0 heterocycles. The molecule has 0 aliphatic heterocycles. The van der Waals surface area contributed by atoms with Crippen molar-refractivity contribution in [3.8, 4) is 0 Å². The molecule has 0 bridgehead atoms. The second-order valence-electron chi connectivity index (χ2n) is 0. The summed E-state index contributed by atoms with van der Waals surface area (Å²) in [7, 11) is 0. The minimum atomic E-state index is 0. The fraction of sp³-hybridized carbons (Fsp3) is 0. The molecule has 0 aromatic heterocycles. The topological polar surface area (TPSA) is 31.5 Å². The normalized spacial score (nSPS) is 0. The van der Waals surface area contributed by atoms with E-state index in [2.05, 4.69) is 0 Å². The van der Waals surface area contributed by atoms with E-state index >= 15 is 0 Å². The Morgan fingerprint density at radius 3 is 1.00 bits per heavy atom. The first-order chi connectivity index (χ1) is 0. The Kier molecular flexibility index (Phi) is 390. The summed E-state index contributed by atoms with van der Waals surface area (Å²) < 4.78 is 0. The third-order valence-corrected chi connectivity index (χ3v) is 0. The van der Waals surface area contributed by atoms with Crippen molar-refractivity contribution in [3.63, 3.8) is 0 Å². The van der Waals surface area contributed by atoms with Crippen LogP contribution in [0.2, 0.25) is 0 Å². The third kappa shape index (κ3) is 22.5. The van der Waals surface area contributed by atoms with Gasteiger partial charge in [0.1, 0.15) is 0 Å². The van der Waals surface area contributed by atoms with Gasteiger partial charge in [-0.25, -0.2) is 0 Å². The Morgan fingerprint density at radius 2 is 1.00 bits per heavy atom. The van der Waals surface area contributed by atoms with Gasteiger partial charge in [-0.05, 0) is 0 Å². The van der Waals surface area contributed by atoms with Gasteiger partial charge >= 0.3 is 0 Å². The van der Waals surface area contributed by atoms with E-state index in [4.69, 9.17) is 0 Å². The van der Waals surface area contributed by atoms with Gasteiger partial charge in [0, 0.05) is 72.7 Å². The third-order valence-electron chi connectivity index (χ3n) is 0. The summed E-state index contributed by atoms with van der Waals surface area (Å²) in [6, 6.07) is 0. The van der Waals surface area contributed by atoms with Gasteiger partial charge in [-0.15, -0.1) is 0 Å². The maximum Gasteiger partial charge on any atom is 0 e. The first-order valence-electron chi connectivity index (χ1n) is 0. The first-order valence-corrected chi connectivity index (χ1v) is 0. The zero-order valence-corrected chi connectivity index (χ0v) is 8.40. The zero-order chi connectivity index (χ0) is 0. The van der Waals surface area contributed by atoms with Crippen molar-refractivity contribution < 1.29 is 78.2 Å². The van der Waals surface area contributed by atoms with E-state index in [-0.39, 0.29) is 78.2 Å². The van der Waals surface area contributed by atoms with E-state index in [9.17, 15) is 0 Å². The van der Waals surface area contributed by atoms with E-state index in [0.717, 1.165) is 0 Å². The Labute approximate surface area is 77.4 Å². The van der Waals surface area contributed by atoms with Crippen molar-refractivity contribution in [1.29, 1.82) is 0 Å². The average Bonchev–Trinajstić information content (AvgIpc) is 0. The van der Waals surface area contributed by atoms with Crippen LogP contribution < -0.4 is 0 Å². The molecule has 0 fully saturated rings. The van der Waals surface area contributed by atoms with E-state index in [1.807, 2.05) is 0 Å². The predicted molar refractivity (Wildman–Crippen MR) is 3.61 cm³/mol. The molecule has 39 valence electrons. The standard InChI is InChI=1S/Co.Mn.Ni.H2O.Ta/h;;;1H2;. The Hall–Kier alpha value is 2.22. The molecule has 3 radical (unpaired) electrons. The predicted octanol–water partition coefficient (Wildman–Crippen LogP) is -0.835. The van der Waals surface area contributed by atoms with E-state index in [1.54, 1.807) is 0 Å². The molecule has 5 heavy (non-hydrogen) atoms. The first kappa shape index (κ1) is 56.7. The van der Waals surface area contributed by atoms with Crippen molar-refractivity contribution in [2.45, 2.75) is 0 Å². The molecule has 0 atom stereocenters. The van der Waals surface area contributed by atoms with Crippen molar-refractivity contribution in [1.82, 2.24) is 0 Å². The van der Waals surface area contributed by atoms with Gasteiger partial charge < -0.3 is 5.48 Å². The summed E-state index contributed by atoms with van der Waals surface area (Å²) >= 11 is 0. The SMILES string of the molecule is O.[Co].[Mn].[Ni].[Ta]. The van der Waals surface area contributed by atoms with Gasteiger partial charge in [-0.3, -0.25) is 0 Å². The van der Waals surface area contributed by atoms with Crippen LogP contribution in [0.4, 0.5) is 0 Å². The van der Waals surface area contributed by atoms with Crippen molar-refractivity contribution in [3.05, 3.63) is 0 Å². The van der Waals surface area contributed by atoms with Crippen LogP contribution in [0.15, 0.2) is 0 Å². The molecule has 0 saturated heterocycles. The van der Waals surface area contributed by atoms with Crippen molar-refractivity contribution in [2.75, 3.05) is 0 Å². The van der Waals surface area contributed by atoms with Crippen LogP contribution in [0.1, 0.15) is 0 Å². The molecule has 0 rings (SSSR count). The molecular formula is H2CoMnNiOTa. The van der Waals surface area contributed by atoms with Gasteiger partial charge in [0.15, 0.2) is 0 Å². The molecule has 0 aliphatic carbocycles. The van der Waals surface area contributed by atoms with Gasteiger partial charge in [-0.1, -0.05) is 0 Å². The Bertz CT molecular complexity index is 11.6. The van der Waals surface area contributed by atoms with Gasteiger partial charge in [-0.2, -0.15) is 0 Å². The van der Waals surface area contributed by atoms with Crippen LogP contribution in [0.3, 0.4) is 0 Å². The molecule has 0 amide bonds. The van der Waals surface area contributed by atoms with E-state index in [0.29, 0.717) is 0 Å². The summed E-state index contributed by atoms with van der Waals surface area (Å²) in [4.78, 5) is 0. The Morgan fingerprint density at radius 1 is 1.00 bits per heavy atom. The number of hydrogen-bond donors (Lipinski definition) is 0. The van der Waals surface area contributed by atoms with Crippen LogP contribution in [0.5, 0.6) is 0 Å². The van der Waals surface area contributed by atoms with Crippen LogP contribution >= 0.6 is 0 Å². The molecule has 0 aromatic rings. The van der Waals surface area contributed by atoms with Gasteiger partial charge in [0.2, 0.25) is 0 Å². The number of hydrogen-bond acceptors (Lipinski definition) is 0. The molecular weight excluding hydrogens is 370 g/mol. The summed E-state index contributed by atoms with van der Waals surface area (Å²) in [5.41, 5.74) is 0. The molecule has 0 saturated carbocycles. The molecule has 5 heteroatoms. The zero-order valence-electron chi connectivity index (χ0n) is 1.97. The molecule has 0 aromatic carbocycles. The second kappa shape index (κ2) is 34.4. The van der Waals surface area contributed by atoms with Crippen molar-refractivity contribution in [2.24, 2.45) is 0 Å². The van der Waals surface area contributed by atoms with Gasteiger partial charge in [0.25, 0.3) is 0 Å². The molecule has 0 aliphatic rings. The van der Waals surface area contributed by atoms with Crippen LogP contribution in [0, 0.1) is 0 Å². The smallest absolute Gasteiger partial charge is 0 e. The fourth-order valence-corrected chi connectivity index (χ4v) is 0. The summed E-state index contributed by atoms with van der Waals surface area (Å²) in [5, 5.41) is 0. The van der Waals surface area contributed by atoms with Crippen LogP contribution in [-0.2, 0) is 72.7 Å². The van der Waals surface area contributed by atoms with Gasteiger partial charge in [0.05, 0.1) is 0 Å². The monoisotopic (exact) mass is 371 g/mol. The second-order valence-corrected chi connectivity index (χ2v) is 0. The molecule has 2 N–H and O–H groups in total. The molecule has 0 spiro atoms. The maximum atomic E-state index is 0. The summed E-state index contributed by atoms with van der Waals surface area (Å²) in [5.74, 6) is 0. The molecule has 1 nitrogen and oxygen atoms in total. The Balaban J connectivity index is 0. The van der Waals surface area contributed by atoms with Crippen LogP contribution in [0.25, 0.3) is 0 Å². The quantitative estimate of drug-likeness (QED) is 0.498. The van der Waals surface area contributed by atoms with E-state index < -0.39 is 0 Å². The van der Waals surface area contributed by atoms with Crippen LogP contribution in [-0.4, -0.2) is 5.48 Å². The summed E-state index contributed by atoms with van der Waals surface area (Å²) in [6.07, 6.45) is 0. The van der Waals surface area contributed by atoms with Crippen molar-refractivity contribution >= 4 is 0 Å². The van der Waals surface area contributed by atoms with E-state index in [1.165, 1.54) is 0 Å². The number of rotatable bonds is 0. The molecule has 0 unspecified atom stereocenters. The minimum absolute atomic E-state index is 0. The summed E-state index contributed by atoms with van der Waals surface area (Å²) in [6.45, 7) is 0. The fourth-order valence-electron chi connectivity index (χ4n) is 0. The maximum absolute atomic E-state index is 0. The average molecular weight is 372 g/mol. The minimum Gasteiger partial charge on any atom is -0.412 e.